The Labute approximate surface area is 202 Å². The smallest absolute Gasteiger partial charge is 0.261 e. The molecule has 4 aromatic rings. The fourth-order valence-electron chi connectivity index (χ4n) is 4.61. The van der Waals surface area contributed by atoms with Gasteiger partial charge in [-0.25, -0.2) is 4.98 Å². The van der Waals surface area contributed by atoms with Crippen LogP contribution in [0, 0.1) is 0 Å². The maximum Gasteiger partial charge on any atom is 0.261 e. The number of furan rings is 1. The molecule has 0 saturated heterocycles. The average Bonchev–Trinajstić information content (AvgIpc) is 3.16. The van der Waals surface area contributed by atoms with Crippen LogP contribution in [0.15, 0.2) is 77.2 Å². The van der Waals surface area contributed by atoms with Crippen molar-refractivity contribution >= 4 is 41.4 Å². The number of halogens is 1. The molecule has 172 valence electrons. The lowest BCUT2D eigenvalue weighted by Crippen LogP contribution is -2.66. The van der Waals surface area contributed by atoms with Crippen LogP contribution < -0.4 is 10.4 Å². The number of rotatable bonds is 5. The zero-order valence-corrected chi connectivity index (χ0v) is 22.0. The molecule has 2 aromatic heterocycles. The summed E-state index contributed by atoms with van der Waals surface area (Å²) in [7, 11) is -2.65. The van der Waals surface area contributed by atoms with Gasteiger partial charge >= 0.3 is 0 Å². The fourth-order valence-corrected chi connectivity index (χ4v) is 9.32. The van der Waals surface area contributed by atoms with Crippen LogP contribution >= 0.6 is 11.6 Å². The molecule has 0 aliphatic rings. The van der Waals surface area contributed by atoms with Crippen LogP contribution in [0.5, 0.6) is 0 Å². The molecule has 0 aliphatic heterocycles. The van der Waals surface area contributed by atoms with Gasteiger partial charge in [0.2, 0.25) is 0 Å². The summed E-state index contributed by atoms with van der Waals surface area (Å²) in [5.74, 6) is 0.762. The summed E-state index contributed by atoms with van der Waals surface area (Å²) in [5, 5.41) is 2.88. The Morgan fingerprint density at radius 3 is 1.88 bits per heavy atom. The van der Waals surface area contributed by atoms with E-state index in [9.17, 15) is 0 Å². The Bertz CT molecular complexity index is 1200. The van der Waals surface area contributed by atoms with Gasteiger partial charge in [-0.15, -0.1) is 0 Å². The lowest BCUT2D eigenvalue weighted by molar-refractivity contribution is 0.257. The largest absolute Gasteiger partial charge is 0.457 e. The average molecular weight is 478 g/mol. The minimum absolute atomic E-state index is 0.0974. The molecule has 33 heavy (non-hydrogen) atoms. The summed E-state index contributed by atoms with van der Waals surface area (Å²) < 4.78 is 13.4. The molecule has 0 amide bonds. The van der Waals surface area contributed by atoms with Crippen molar-refractivity contribution in [2.24, 2.45) is 0 Å². The fraction of sp³-hybridized carbons (Fsp3) is 0.321. The van der Waals surface area contributed by atoms with Gasteiger partial charge in [-0.3, -0.25) is 0 Å². The first-order valence-electron chi connectivity index (χ1n) is 11.4. The van der Waals surface area contributed by atoms with E-state index in [-0.39, 0.29) is 10.5 Å². The van der Waals surface area contributed by atoms with Crippen molar-refractivity contribution in [3.05, 3.63) is 89.3 Å². The van der Waals surface area contributed by atoms with Crippen LogP contribution in [0.4, 0.5) is 0 Å². The number of hydrogen-bond acceptors (Lipinski definition) is 3. The Balaban J connectivity index is 1.81. The van der Waals surface area contributed by atoms with Crippen molar-refractivity contribution in [3.8, 4) is 0 Å². The van der Waals surface area contributed by atoms with Crippen LogP contribution in [0.1, 0.15) is 52.9 Å². The molecule has 0 unspecified atom stereocenters. The maximum atomic E-state index is 7.02. The van der Waals surface area contributed by atoms with Crippen molar-refractivity contribution in [3.63, 3.8) is 0 Å². The first-order chi connectivity index (χ1) is 15.5. The number of benzene rings is 2. The summed E-state index contributed by atoms with van der Waals surface area (Å²) in [5.41, 5.74) is 2.49. The molecule has 3 nitrogen and oxygen atoms in total. The Kier molecular flexibility index (Phi) is 6.30. The third-order valence-electron chi connectivity index (χ3n) is 6.15. The van der Waals surface area contributed by atoms with E-state index in [4.69, 9.17) is 20.4 Å². The predicted octanol–water partition coefficient (Wildman–Crippen LogP) is 6.86. The minimum atomic E-state index is -2.65. The molecule has 0 atom stereocenters. The van der Waals surface area contributed by atoms with Crippen molar-refractivity contribution in [1.82, 2.24) is 4.98 Å². The van der Waals surface area contributed by atoms with Gasteiger partial charge < -0.3 is 8.84 Å². The maximum absolute atomic E-state index is 7.02. The van der Waals surface area contributed by atoms with E-state index in [1.54, 1.807) is 0 Å². The van der Waals surface area contributed by atoms with Gasteiger partial charge in [-0.1, -0.05) is 114 Å². The zero-order valence-electron chi connectivity index (χ0n) is 20.3. The first-order valence-corrected chi connectivity index (χ1v) is 13.7. The topological polar surface area (TPSA) is 35.3 Å². The Morgan fingerprint density at radius 1 is 0.848 bits per heavy atom. The summed E-state index contributed by atoms with van der Waals surface area (Å²) >= 11 is 6.33. The summed E-state index contributed by atoms with van der Waals surface area (Å²) in [6, 6.07) is 25.1. The van der Waals surface area contributed by atoms with Crippen LogP contribution in [0.2, 0.25) is 10.2 Å². The highest BCUT2D eigenvalue weighted by atomic mass is 35.5. The van der Waals surface area contributed by atoms with Gasteiger partial charge in [-0.05, 0) is 26.9 Å². The second-order valence-corrected chi connectivity index (χ2v) is 15.3. The van der Waals surface area contributed by atoms with E-state index in [2.05, 4.69) is 107 Å². The highest BCUT2D eigenvalue weighted by Gasteiger charge is 2.50. The van der Waals surface area contributed by atoms with Gasteiger partial charge in [0, 0.05) is 11.6 Å². The molecule has 0 fully saturated rings. The molecule has 2 aromatic carbocycles. The molecule has 0 aliphatic carbocycles. The van der Waals surface area contributed by atoms with Crippen LogP contribution in [-0.2, 0) is 16.4 Å². The number of pyridine rings is 1. The van der Waals surface area contributed by atoms with Crippen molar-refractivity contribution in [2.45, 2.75) is 58.6 Å². The van der Waals surface area contributed by atoms with E-state index in [1.165, 1.54) is 10.4 Å². The van der Waals surface area contributed by atoms with E-state index in [0.29, 0.717) is 11.8 Å². The van der Waals surface area contributed by atoms with E-state index >= 15 is 0 Å². The van der Waals surface area contributed by atoms with Crippen LogP contribution in [0.25, 0.3) is 11.1 Å². The Morgan fingerprint density at radius 2 is 1.39 bits per heavy atom. The molecule has 0 spiro atoms. The predicted molar refractivity (Wildman–Crippen MR) is 140 cm³/mol. The van der Waals surface area contributed by atoms with E-state index < -0.39 is 8.32 Å². The molecule has 0 N–H and O–H groups in total. The minimum Gasteiger partial charge on any atom is -0.457 e. The zero-order chi connectivity index (χ0) is 23.9. The van der Waals surface area contributed by atoms with Crippen LogP contribution in [-0.4, -0.2) is 13.3 Å². The van der Waals surface area contributed by atoms with Gasteiger partial charge in [0.15, 0.2) is 5.58 Å². The van der Waals surface area contributed by atoms with E-state index in [0.717, 1.165) is 22.4 Å². The van der Waals surface area contributed by atoms with Crippen molar-refractivity contribution in [1.29, 1.82) is 0 Å². The molecule has 0 bridgehead atoms. The molecular weight excluding hydrogens is 446 g/mol. The monoisotopic (exact) mass is 477 g/mol. The Hall–Kier alpha value is -2.40. The third-order valence-corrected chi connectivity index (χ3v) is 11.3. The van der Waals surface area contributed by atoms with Crippen LogP contribution in [0.3, 0.4) is 0 Å². The first kappa shape index (κ1) is 23.7. The highest BCUT2D eigenvalue weighted by molar-refractivity contribution is 6.99. The summed E-state index contributed by atoms with van der Waals surface area (Å²) in [6.45, 7) is 13.6. The van der Waals surface area contributed by atoms with Gasteiger partial charge in [0.05, 0.1) is 6.61 Å². The summed E-state index contributed by atoms with van der Waals surface area (Å²) in [6.07, 6.45) is 0. The van der Waals surface area contributed by atoms with E-state index in [1.807, 2.05) is 12.1 Å². The van der Waals surface area contributed by atoms with Gasteiger partial charge in [0.1, 0.15) is 16.4 Å². The lowest BCUT2D eigenvalue weighted by atomic mass is 9.87. The molecular formula is C28H32ClNO2Si. The highest BCUT2D eigenvalue weighted by Crippen LogP contribution is 2.38. The standard InChI is InChI=1S/C28H32ClNO2Si/c1-27(2,3)23-18-25(29)30-24-17-20(32-26(23)24)19-31-33(28(4,5)6,21-13-9-7-10-14-21)22-15-11-8-12-16-22/h7-18H,19H2,1-6H3. The molecule has 2 heterocycles. The van der Waals surface area contributed by atoms with Gasteiger partial charge in [-0.2, -0.15) is 0 Å². The lowest BCUT2D eigenvalue weighted by Gasteiger charge is -2.42. The molecule has 0 radical (unpaired) electrons. The quantitative estimate of drug-likeness (QED) is 0.233. The third kappa shape index (κ3) is 4.52. The normalized spacial score (nSPS) is 12.9. The van der Waals surface area contributed by atoms with Gasteiger partial charge in [0.25, 0.3) is 8.32 Å². The summed E-state index contributed by atoms with van der Waals surface area (Å²) in [4.78, 5) is 4.51. The van der Waals surface area contributed by atoms with Crippen molar-refractivity contribution in [2.75, 3.05) is 0 Å². The SMILES string of the molecule is CC(C)(C)c1cc(Cl)nc2cc(CO[Si](c3ccccc3)(c3ccccc3)C(C)(C)C)oc12. The number of hydrogen-bond donors (Lipinski definition) is 0. The second-order valence-electron chi connectivity index (χ2n) is 10.6. The molecule has 0 saturated carbocycles. The number of nitrogens with zero attached hydrogens (tertiary/aromatic N) is 1. The number of aromatic nitrogens is 1. The molecule has 5 heteroatoms. The van der Waals surface area contributed by atoms with Crippen molar-refractivity contribution < 1.29 is 8.84 Å². The second kappa shape index (κ2) is 8.75. The molecule has 4 rings (SSSR count). The number of fused-ring (bicyclic) bond motifs is 1.